The van der Waals surface area contributed by atoms with E-state index in [0.29, 0.717) is 0 Å². The lowest BCUT2D eigenvalue weighted by atomic mass is 10.0. The highest BCUT2D eigenvalue weighted by Gasteiger charge is 2.03. The molecule has 0 radical (unpaired) electrons. The summed E-state index contributed by atoms with van der Waals surface area (Å²) in [6.45, 7) is 0. The van der Waals surface area contributed by atoms with Crippen LogP contribution in [0.1, 0.15) is 5.56 Å². The summed E-state index contributed by atoms with van der Waals surface area (Å²) in [6.07, 6.45) is 0. The molecule has 0 fully saturated rings. The van der Waals surface area contributed by atoms with Crippen molar-refractivity contribution in [2.24, 2.45) is 0 Å². The number of hydrogen-bond acceptors (Lipinski definition) is 1. The Morgan fingerprint density at radius 3 is 2.39 bits per heavy atom. The summed E-state index contributed by atoms with van der Waals surface area (Å²) >= 11 is 0. The van der Waals surface area contributed by atoms with Crippen molar-refractivity contribution in [2.75, 3.05) is 7.11 Å². The smallest absolute Gasteiger partial charge is 0.165 e. The van der Waals surface area contributed by atoms with E-state index in [1.54, 1.807) is 0 Å². The first-order valence-corrected chi connectivity index (χ1v) is 7.85. The average Bonchev–Trinajstić information content (AvgIpc) is 2.43. The first-order valence-electron chi connectivity index (χ1n) is 6.28. The van der Waals surface area contributed by atoms with Gasteiger partial charge in [-0.15, -0.1) is 0 Å². The van der Waals surface area contributed by atoms with E-state index in [0.717, 1.165) is 6.04 Å². The monoisotopic (exact) mass is 252 g/mol. The Hall–Kier alpha value is -1.64. The van der Waals surface area contributed by atoms with Gasteiger partial charge in [-0.25, -0.2) is 0 Å². The highest BCUT2D eigenvalue weighted by atomic mass is 28.2. The van der Waals surface area contributed by atoms with Gasteiger partial charge in [0, 0.05) is 7.11 Å². The third-order valence-corrected chi connectivity index (χ3v) is 4.56. The predicted molar refractivity (Wildman–Crippen MR) is 80.7 cm³/mol. The molecular formula is C16H16OSi. The Morgan fingerprint density at radius 1 is 0.889 bits per heavy atom. The Morgan fingerprint density at radius 2 is 1.61 bits per heavy atom. The van der Waals surface area contributed by atoms with Crippen LogP contribution in [0.15, 0.2) is 54.6 Å². The van der Waals surface area contributed by atoms with Crippen LogP contribution in [0.2, 0.25) is 0 Å². The number of hydrogen-bond donors (Lipinski definition) is 0. The van der Waals surface area contributed by atoms with E-state index in [-0.39, 0.29) is 0 Å². The van der Waals surface area contributed by atoms with E-state index >= 15 is 0 Å². The molecule has 0 aliphatic rings. The number of rotatable bonds is 3. The van der Waals surface area contributed by atoms with E-state index in [1.807, 2.05) is 7.11 Å². The van der Waals surface area contributed by atoms with Gasteiger partial charge in [0.25, 0.3) is 0 Å². The number of benzene rings is 3. The van der Waals surface area contributed by atoms with Gasteiger partial charge in [-0.3, -0.25) is 0 Å². The van der Waals surface area contributed by atoms with Gasteiger partial charge in [-0.2, -0.15) is 0 Å². The molecule has 0 aromatic heterocycles. The lowest BCUT2D eigenvalue weighted by Gasteiger charge is -2.07. The third-order valence-electron chi connectivity index (χ3n) is 3.41. The molecule has 18 heavy (non-hydrogen) atoms. The summed E-state index contributed by atoms with van der Waals surface area (Å²) < 4.78 is 5.32. The second-order valence-electron chi connectivity index (χ2n) is 4.58. The molecular weight excluding hydrogens is 236 g/mol. The van der Waals surface area contributed by atoms with Crippen molar-refractivity contribution in [2.45, 2.75) is 6.04 Å². The minimum Gasteiger partial charge on any atom is -0.427 e. The van der Waals surface area contributed by atoms with Gasteiger partial charge in [0.05, 0.1) is 0 Å². The molecule has 0 spiro atoms. The van der Waals surface area contributed by atoms with Gasteiger partial charge in [0.1, 0.15) is 0 Å². The summed E-state index contributed by atoms with van der Waals surface area (Å²) in [5, 5.41) is 5.33. The van der Waals surface area contributed by atoms with Gasteiger partial charge in [0.15, 0.2) is 9.76 Å². The first kappa shape index (κ1) is 11.4. The molecule has 0 aliphatic carbocycles. The van der Waals surface area contributed by atoms with Crippen molar-refractivity contribution in [1.29, 1.82) is 0 Å². The maximum absolute atomic E-state index is 5.32. The Bertz CT molecular complexity index is 691. The Labute approximate surface area is 109 Å². The van der Waals surface area contributed by atoms with Crippen molar-refractivity contribution in [1.82, 2.24) is 0 Å². The summed E-state index contributed by atoms with van der Waals surface area (Å²) in [5.41, 5.74) is 1.42. The molecule has 0 saturated carbocycles. The molecule has 0 amide bonds. The molecule has 0 atom stereocenters. The van der Waals surface area contributed by atoms with E-state index in [9.17, 15) is 0 Å². The van der Waals surface area contributed by atoms with Crippen LogP contribution in [0, 0.1) is 0 Å². The first-order chi connectivity index (χ1) is 8.88. The van der Waals surface area contributed by atoms with Crippen LogP contribution in [0.5, 0.6) is 0 Å². The van der Waals surface area contributed by atoms with Crippen molar-refractivity contribution >= 4 is 31.3 Å². The van der Waals surface area contributed by atoms with Crippen molar-refractivity contribution < 1.29 is 4.43 Å². The van der Waals surface area contributed by atoms with Gasteiger partial charge in [-0.1, -0.05) is 42.5 Å². The SMILES string of the molecule is CO[SiH2]Cc1cccc2cc3ccccc3cc12. The van der Waals surface area contributed by atoms with Crippen molar-refractivity contribution in [3.63, 3.8) is 0 Å². The Balaban J connectivity index is 2.22. The molecule has 1 nitrogen and oxygen atoms in total. The minimum atomic E-state index is -0.416. The third kappa shape index (κ3) is 2.05. The molecule has 0 unspecified atom stereocenters. The summed E-state index contributed by atoms with van der Waals surface area (Å²) in [6, 6.07) is 20.8. The molecule has 3 aromatic rings. The minimum absolute atomic E-state index is 0.416. The highest BCUT2D eigenvalue weighted by molar-refractivity contribution is 6.27. The fourth-order valence-corrected chi connectivity index (χ4v) is 3.32. The fourth-order valence-electron chi connectivity index (χ4n) is 2.46. The summed E-state index contributed by atoms with van der Waals surface area (Å²) in [4.78, 5) is 0. The number of fused-ring (bicyclic) bond motifs is 2. The molecule has 0 aliphatic heterocycles. The zero-order chi connectivity index (χ0) is 12.4. The summed E-state index contributed by atoms with van der Waals surface area (Å²) in [5.74, 6) is 0. The topological polar surface area (TPSA) is 9.23 Å². The molecule has 90 valence electrons. The van der Waals surface area contributed by atoms with Crippen LogP contribution < -0.4 is 0 Å². The standard InChI is InChI=1S/C16H16OSi/c1-17-18-11-15-8-4-7-14-9-12-5-2-3-6-13(12)10-16(14)15/h2-10H,11,18H2,1H3. The average molecular weight is 252 g/mol. The normalized spacial score (nSPS) is 11.8. The zero-order valence-corrected chi connectivity index (χ0v) is 11.9. The maximum Gasteiger partial charge on any atom is 0.165 e. The van der Waals surface area contributed by atoms with Crippen LogP contribution in [-0.2, 0) is 10.5 Å². The quantitative estimate of drug-likeness (QED) is 0.514. The van der Waals surface area contributed by atoms with Crippen LogP contribution in [0.4, 0.5) is 0 Å². The second kappa shape index (κ2) is 4.92. The van der Waals surface area contributed by atoms with Gasteiger partial charge < -0.3 is 4.43 Å². The van der Waals surface area contributed by atoms with E-state index < -0.39 is 9.76 Å². The van der Waals surface area contributed by atoms with Gasteiger partial charge in [0.2, 0.25) is 0 Å². The predicted octanol–water partition coefficient (Wildman–Crippen LogP) is 3.22. The molecule has 3 aromatic carbocycles. The molecule has 3 rings (SSSR count). The lowest BCUT2D eigenvalue weighted by molar-refractivity contribution is 0.441. The van der Waals surface area contributed by atoms with E-state index in [1.165, 1.54) is 27.1 Å². The van der Waals surface area contributed by atoms with Gasteiger partial charge in [-0.05, 0) is 45.3 Å². The Kier molecular flexibility index (Phi) is 3.13. The van der Waals surface area contributed by atoms with Crippen LogP contribution >= 0.6 is 0 Å². The molecule has 0 N–H and O–H groups in total. The van der Waals surface area contributed by atoms with E-state index in [4.69, 9.17) is 4.43 Å². The highest BCUT2D eigenvalue weighted by Crippen LogP contribution is 2.25. The molecule has 0 heterocycles. The molecule has 2 heteroatoms. The van der Waals surface area contributed by atoms with Crippen LogP contribution in [0.3, 0.4) is 0 Å². The fraction of sp³-hybridized carbons (Fsp3) is 0.125. The molecule has 0 bridgehead atoms. The van der Waals surface area contributed by atoms with Crippen molar-refractivity contribution in [3.05, 3.63) is 60.2 Å². The van der Waals surface area contributed by atoms with Gasteiger partial charge >= 0.3 is 0 Å². The maximum atomic E-state index is 5.32. The molecule has 0 saturated heterocycles. The van der Waals surface area contributed by atoms with E-state index in [2.05, 4.69) is 54.6 Å². The zero-order valence-electron chi connectivity index (χ0n) is 10.5. The summed E-state index contributed by atoms with van der Waals surface area (Å²) in [7, 11) is 1.40. The van der Waals surface area contributed by atoms with Crippen LogP contribution in [0.25, 0.3) is 21.5 Å². The van der Waals surface area contributed by atoms with Crippen LogP contribution in [-0.4, -0.2) is 16.9 Å². The lowest BCUT2D eigenvalue weighted by Crippen LogP contribution is -1.99. The largest absolute Gasteiger partial charge is 0.427 e. The van der Waals surface area contributed by atoms with Crippen molar-refractivity contribution in [3.8, 4) is 0 Å². The second-order valence-corrected chi connectivity index (χ2v) is 6.07.